The van der Waals surface area contributed by atoms with Crippen molar-refractivity contribution in [2.45, 2.75) is 45.3 Å². The van der Waals surface area contributed by atoms with Gasteiger partial charge < -0.3 is 15.2 Å². The van der Waals surface area contributed by atoms with Crippen LogP contribution in [0.4, 0.5) is 8.78 Å². The molecule has 0 bridgehead atoms. The first-order valence-corrected chi connectivity index (χ1v) is 7.19. The standard InChI is InChI=1S/C16H21F2NO4/c1-16(2,3)23-8-7-12(15(21)22)19-13(20)9-10-5-4-6-11(17)14(10)18/h4-6,12H,7-9H2,1-3H3,(H,19,20)(H,21,22). The molecule has 128 valence electrons. The van der Waals surface area contributed by atoms with E-state index in [1.165, 1.54) is 12.1 Å². The van der Waals surface area contributed by atoms with E-state index in [9.17, 15) is 18.4 Å². The summed E-state index contributed by atoms with van der Waals surface area (Å²) in [4.78, 5) is 23.0. The van der Waals surface area contributed by atoms with Gasteiger partial charge in [-0.1, -0.05) is 12.1 Å². The number of nitrogens with one attached hydrogen (secondary N) is 1. The number of carboxylic acids is 1. The SMILES string of the molecule is CC(C)(C)OCCC(NC(=O)Cc1cccc(F)c1F)C(=O)O. The van der Waals surface area contributed by atoms with Gasteiger partial charge in [0, 0.05) is 18.6 Å². The fourth-order valence-corrected chi connectivity index (χ4v) is 1.84. The Morgan fingerprint density at radius 3 is 2.52 bits per heavy atom. The number of amides is 1. The lowest BCUT2D eigenvalue weighted by atomic mass is 10.1. The first kappa shape index (κ1) is 19.0. The Morgan fingerprint density at radius 2 is 1.96 bits per heavy atom. The van der Waals surface area contributed by atoms with E-state index >= 15 is 0 Å². The van der Waals surface area contributed by atoms with Crippen molar-refractivity contribution in [1.29, 1.82) is 0 Å². The Hall–Kier alpha value is -2.02. The molecule has 1 atom stereocenters. The molecule has 0 aliphatic heterocycles. The summed E-state index contributed by atoms with van der Waals surface area (Å²) in [6, 6.07) is 2.35. The molecule has 0 saturated heterocycles. The summed E-state index contributed by atoms with van der Waals surface area (Å²) in [5.74, 6) is -4.07. The average molecular weight is 329 g/mol. The van der Waals surface area contributed by atoms with Crippen molar-refractivity contribution in [1.82, 2.24) is 5.32 Å². The Bertz CT molecular complexity index is 570. The van der Waals surface area contributed by atoms with Crippen LogP contribution in [0.25, 0.3) is 0 Å². The molecule has 0 aliphatic rings. The summed E-state index contributed by atoms with van der Waals surface area (Å²) in [5, 5.41) is 11.4. The molecule has 0 fully saturated rings. The molecule has 0 aromatic heterocycles. The topological polar surface area (TPSA) is 75.6 Å². The summed E-state index contributed by atoms with van der Waals surface area (Å²) in [7, 11) is 0. The van der Waals surface area contributed by atoms with E-state index < -0.39 is 41.6 Å². The van der Waals surface area contributed by atoms with E-state index in [0.29, 0.717) is 0 Å². The number of hydrogen-bond donors (Lipinski definition) is 2. The first-order chi connectivity index (χ1) is 10.6. The molecule has 0 spiro atoms. The number of carbonyl (C=O) groups is 2. The highest BCUT2D eigenvalue weighted by molar-refractivity contribution is 5.84. The molecular formula is C16H21F2NO4. The van der Waals surface area contributed by atoms with Crippen LogP contribution in [0.15, 0.2) is 18.2 Å². The molecule has 1 rings (SSSR count). The number of aliphatic carboxylic acids is 1. The number of carbonyl (C=O) groups excluding carboxylic acids is 1. The molecule has 0 aliphatic carbocycles. The van der Waals surface area contributed by atoms with Gasteiger partial charge in [0.1, 0.15) is 6.04 Å². The zero-order chi connectivity index (χ0) is 17.6. The lowest BCUT2D eigenvalue weighted by Gasteiger charge is -2.21. The molecule has 0 radical (unpaired) electrons. The van der Waals surface area contributed by atoms with Gasteiger partial charge in [-0.2, -0.15) is 0 Å². The van der Waals surface area contributed by atoms with Crippen LogP contribution in [0.3, 0.4) is 0 Å². The quantitative estimate of drug-likeness (QED) is 0.805. The predicted molar refractivity (Wildman–Crippen MR) is 80.0 cm³/mol. The van der Waals surface area contributed by atoms with Crippen molar-refractivity contribution in [3.05, 3.63) is 35.4 Å². The fourth-order valence-electron chi connectivity index (χ4n) is 1.84. The Labute approximate surface area is 133 Å². The van der Waals surface area contributed by atoms with E-state index in [1.54, 1.807) is 0 Å². The van der Waals surface area contributed by atoms with Crippen molar-refractivity contribution in [2.75, 3.05) is 6.61 Å². The Kier molecular flexibility index (Phi) is 6.62. The maximum absolute atomic E-state index is 13.5. The van der Waals surface area contributed by atoms with E-state index in [0.717, 1.165) is 6.07 Å². The second-order valence-corrected chi connectivity index (χ2v) is 6.10. The first-order valence-electron chi connectivity index (χ1n) is 7.19. The molecular weight excluding hydrogens is 308 g/mol. The highest BCUT2D eigenvalue weighted by atomic mass is 19.2. The van der Waals surface area contributed by atoms with Gasteiger partial charge in [-0.05, 0) is 26.8 Å². The van der Waals surface area contributed by atoms with Crippen LogP contribution >= 0.6 is 0 Å². The molecule has 2 N–H and O–H groups in total. The van der Waals surface area contributed by atoms with E-state index in [4.69, 9.17) is 9.84 Å². The summed E-state index contributed by atoms with van der Waals surface area (Å²) in [5.41, 5.74) is -0.546. The average Bonchev–Trinajstić information content (AvgIpc) is 2.41. The minimum absolute atomic E-state index is 0.0734. The van der Waals surface area contributed by atoms with E-state index in [2.05, 4.69) is 5.32 Å². The van der Waals surface area contributed by atoms with Gasteiger partial charge in [-0.3, -0.25) is 4.79 Å². The van der Waals surface area contributed by atoms with Crippen LogP contribution in [-0.4, -0.2) is 35.2 Å². The van der Waals surface area contributed by atoms with Crippen LogP contribution in [0.5, 0.6) is 0 Å². The lowest BCUT2D eigenvalue weighted by Crippen LogP contribution is -2.42. The van der Waals surface area contributed by atoms with Gasteiger partial charge in [-0.25, -0.2) is 13.6 Å². The van der Waals surface area contributed by atoms with Crippen LogP contribution in [-0.2, 0) is 20.7 Å². The third-order valence-electron chi connectivity index (χ3n) is 2.96. The molecule has 1 unspecified atom stereocenters. The number of hydrogen-bond acceptors (Lipinski definition) is 3. The maximum Gasteiger partial charge on any atom is 0.326 e. The van der Waals surface area contributed by atoms with Crippen molar-refractivity contribution < 1.29 is 28.2 Å². The van der Waals surface area contributed by atoms with Gasteiger partial charge in [0.2, 0.25) is 5.91 Å². The van der Waals surface area contributed by atoms with Crippen molar-refractivity contribution >= 4 is 11.9 Å². The number of rotatable bonds is 7. The highest BCUT2D eigenvalue weighted by Crippen LogP contribution is 2.12. The van der Waals surface area contributed by atoms with Gasteiger partial charge in [0.05, 0.1) is 12.0 Å². The fraction of sp³-hybridized carbons (Fsp3) is 0.500. The van der Waals surface area contributed by atoms with Crippen LogP contribution in [0, 0.1) is 11.6 Å². The van der Waals surface area contributed by atoms with Gasteiger partial charge >= 0.3 is 5.97 Å². The molecule has 0 saturated carbocycles. The largest absolute Gasteiger partial charge is 0.480 e. The molecule has 1 amide bonds. The minimum Gasteiger partial charge on any atom is -0.480 e. The third kappa shape index (κ3) is 6.73. The summed E-state index contributed by atoms with van der Waals surface area (Å²) in [6.07, 6.45) is -0.364. The molecule has 23 heavy (non-hydrogen) atoms. The summed E-state index contributed by atoms with van der Waals surface area (Å²) >= 11 is 0. The highest BCUT2D eigenvalue weighted by Gasteiger charge is 2.22. The number of halogens is 2. The van der Waals surface area contributed by atoms with Gasteiger partial charge in [0.25, 0.3) is 0 Å². The second-order valence-electron chi connectivity index (χ2n) is 6.10. The summed E-state index contributed by atoms with van der Waals surface area (Å²) < 4.78 is 32.0. The normalized spacial score (nSPS) is 12.7. The number of benzene rings is 1. The monoisotopic (exact) mass is 329 g/mol. The lowest BCUT2D eigenvalue weighted by molar-refractivity contribution is -0.142. The van der Waals surface area contributed by atoms with E-state index in [1.807, 2.05) is 20.8 Å². The molecule has 5 nitrogen and oxygen atoms in total. The minimum atomic E-state index is -1.21. The zero-order valence-electron chi connectivity index (χ0n) is 13.4. The molecule has 1 aromatic rings. The molecule has 0 heterocycles. The zero-order valence-corrected chi connectivity index (χ0v) is 13.4. The molecule has 7 heteroatoms. The smallest absolute Gasteiger partial charge is 0.326 e. The maximum atomic E-state index is 13.5. The van der Waals surface area contributed by atoms with Crippen LogP contribution < -0.4 is 5.32 Å². The van der Waals surface area contributed by atoms with Gasteiger partial charge in [0.15, 0.2) is 11.6 Å². The number of carboxylic acid groups (broad SMARTS) is 1. The van der Waals surface area contributed by atoms with Crippen molar-refractivity contribution in [2.24, 2.45) is 0 Å². The number of ether oxygens (including phenoxy) is 1. The Morgan fingerprint density at radius 1 is 1.30 bits per heavy atom. The third-order valence-corrected chi connectivity index (χ3v) is 2.96. The van der Waals surface area contributed by atoms with Crippen molar-refractivity contribution in [3.63, 3.8) is 0 Å². The second kappa shape index (κ2) is 8.01. The molecule has 1 aromatic carbocycles. The van der Waals surface area contributed by atoms with Crippen molar-refractivity contribution in [3.8, 4) is 0 Å². The van der Waals surface area contributed by atoms with Crippen LogP contribution in [0.2, 0.25) is 0 Å². The summed E-state index contributed by atoms with van der Waals surface area (Å²) in [6.45, 7) is 5.63. The Balaban J connectivity index is 2.61. The van der Waals surface area contributed by atoms with E-state index in [-0.39, 0.29) is 18.6 Å². The van der Waals surface area contributed by atoms with Crippen LogP contribution in [0.1, 0.15) is 32.8 Å². The van der Waals surface area contributed by atoms with Gasteiger partial charge in [-0.15, -0.1) is 0 Å². The predicted octanol–water partition coefficient (Wildman–Crippen LogP) is 2.28.